The first kappa shape index (κ1) is 13.2. The van der Waals surface area contributed by atoms with Crippen molar-refractivity contribution in [3.05, 3.63) is 28.8 Å². The summed E-state index contributed by atoms with van der Waals surface area (Å²) in [6, 6.07) is 5.77. The maximum atomic E-state index is 10.8. The van der Waals surface area contributed by atoms with Gasteiger partial charge in [0, 0.05) is 12.6 Å². The fourth-order valence-electron chi connectivity index (χ4n) is 2.15. The Bertz CT molecular complexity index is 464. The summed E-state index contributed by atoms with van der Waals surface area (Å²) >= 11 is 6.05. The Kier molecular flexibility index (Phi) is 3.78. The molecule has 1 aliphatic rings. The lowest BCUT2D eigenvalue weighted by atomic mass is 10.2. The maximum Gasteiger partial charge on any atom is 0.308 e. The van der Waals surface area contributed by atoms with E-state index in [9.17, 15) is 4.79 Å². The quantitative estimate of drug-likeness (QED) is 0.891. The molecule has 0 bridgehead atoms. The van der Waals surface area contributed by atoms with Crippen LogP contribution in [0, 0.1) is 5.92 Å². The number of rotatable bonds is 5. The SMILES string of the molecule is COc1ccc(CN(C)C2CC2C(=O)O)cc1Cl. The van der Waals surface area contributed by atoms with E-state index in [1.165, 1.54) is 0 Å². The predicted molar refractivity (Wildman–Crippen MR) is 69.0 cm³/mol. The average molecular weight is 270 g/mol. The number of carboxylic acids is 1. The van der Waals surface area contributed by atoms with Gasteiger partial charge in [0.05, 0.1) is 18.1 Å². The summed E-state index contributed by atoms with van der Waals surface area (Å²) in [7, 11) is 3.51. The van der Waals surface area contributed by atoms with Crippen LogP contribution in [0.15, 0.2) is 18.2 Å². The molecule has 98 valence electrons. The zero-order valence-corrected chi connectivity index (χ0v) is 11.1. The molecule has 4 nitrogen and oxygen atoms in total. The molecule has 0 aliphatic heterocycles. The van der Waals surface area contributed by atoms with Crippen molar-refractivity contribution in [1.29, 1.82) is 0 Å². The van der Waals surface area contributed by atoms with E-state index in [2.05, 4.69) is 4.90 Å². The van der Waals surface area contributed by atoms with E-state index in [1.807, 2.05) is 25.2 Å². The zero-order valence-electron chi connectivity index (χ0n) is 10.4. The first-order chi connectivity index (χ1) is 8.52. The molecule has 2 rings (SSSR count). The van der Waals surface area contributed by atoms with E-state index in [-0.39, 0.29) is 12.0 Å². The average Bonchev–Trinajstić information content (AvgIpc) is 3.09. The smallest absolute Gasteiger partial charge is 0.308 e. The molecular formula is C13H16ClNO3. The summed E-state index contributed by atoms with van der Waals surface area (Å²) in [6.45, 7) is 0.693. The zero-order chi connectivity index (χ0) is 13.3. The van der Waals surface area contributed by atoms with Crippen molar-refractivity contribution in [3.63, 3.8) is 0 Å². The highest BCUT2D eigenvalue weighted by Gasteiger charge is 2.45. The Hall–Kier alpha value is -1.26. The molecule has 1 aromatic carbocycles. The summed E-state index contributed by atoms with van der Waals surface area (Å²) in [5.74, 6) is -0.277. The van der Waals surface area contributed by atoms with Crippen LogP contribution in [0.5, 0.6) is 5.75 Å². The van der Waals surface area contributed by atoms with Gasteiger partial charge in [-0.05, 0) is 31.2 Å². The summed E-state index contributed by atoms with van der Waals surface area (Å²) in [5.41, 5.74) is 1.05. The molecule has 0 amide bonds. The summed E-state index contributed by atoms with van der Waals surface area (Å²) in [6.07, 6.45) is 0.732. The fraction of sp³-hybridized carbons (Fsp3) is 0.462. The van der Waals surface area contributed by atoms with Gasteiger partial charge in [0.1, 0.15) is 5.75 Å². The molecule has 0 saturated heterocycles. The van der Waals surface area contributed by atoms with E-state index < -0.39 is 5.97 Å². The highest BCUT2D eigenvalue weighted by atomic mass is 35.5. The Morgan fingerprint density at radius 2 is 2.33 bits per heavy atom. The number of aliphatic carboxylic acids is 1. The van der Waals surface area contributed by atoms with Gasteiger partial charge in [-0.1, -0.05) is 17.7 Å². The fourth-order valence-corrected chi connectivity index (χ4v) is 2.43. The Labute approximate surface area is 111 Å². The molecule has 1 saturated carbocycles. The van der Waals surface area contributed by atoms with Crippen LogP contribution in [0.4, 0.5) is 0 Å². The van der Waals surface area contributed by atoms with Crippen LogP contribution >= 0.6 is 11.6 Å². The number of methoxy groups -OCH3 is 1. The van der Waals surface area contributed by atoms with Crippen molar-refractivity contribution in [2.24, 2.45) is 5.92 Å². The number of hydrogen-bond acceptors (Lipinski definition) is 3. The second-order valence-corrected chi connectivity index (χ2v) is 5.04. The first-order valence-electron chi connectivity index (χ1n) is 5.78. The summed E-state index contributed by atoms with van der Waals surface area (Å²) in [5, 5.41) is 9.46. The van der Waals surface area contributed by atoms with Gasteiger partial charge < -0.3 is 9.84 Å². The number of carbonyl (C=O) groups is 1. The highest BCUT2D eigenvalue weighted by molar-refractivity contribution is 6.32. The number of halogens is 1. The minimum Gasteiger partial charge on any atom is -0.495 e. The van der Waals surface area contributed by atoms with Crippen molar-refractivity contribution in [1.82, 2.24) is 4.90 Å². The molecule has 2 unspecified atom stereocenters. The number of carboxylic acid groups (broad SMARTS) is 1. The number of hydrogen-bond donors (Lipinski definition) is 1. The second kappa shape index (κ2) is 5.16. The van der Waals surface area contributed by atoms with Crippen LogP contribution in [0.3, 0.4) is 0 Å². The van der Waals surface area contributed by atoms with Crippen molar-refractivity contribution in [3.8, 4) is 5.75 Å². The van der Waals surface area contributed by atoms with Crippen LogP contribution in [-0.4, -0.2) is 36.2 Å². The van der Waals surface area contributed by atoms with Gasteiger partial charge in [-0.3, -0.25) is 9.69 Å². The van der Waals surface area contributed by atoms with Crippen LogP contribution in [0.25, 0.3) is 0 Å². The normalized spacial score (nSPS) is 22.0. The third-order valence-electron chi connectivity index (χ3n) is 3.29. The van der Waals surface area contributed by atoms with E-state index in [4.69, 9.17) is 21.4 Å². The molecule has 18 heavy (non-hydrogen) atoms. The van der Waals surface area contributed by atoms with Crippen molar-refractivity contribution >= 4 is 17.6 Å². The standard InChI is InChI=1S/C13H16ClNO3/c1-15(11-6-9(11)13(16)17)7-8-3-4-12(18-2)10(14)5-8/h3-5,9,11H,6-7H2,1-2H3,(H,16,17). The van der Waals surface area contributed by atoms with Crippen LogP contribution < -0.4 is 4.74 Å². The molecule has 1 N–H and O–H groups in total. The lowest BCUT2D eigenvalue weighted by Gasteiger charge is -2.16. The largest absolute Gasteiger partial charge is 0.495 e. The van der Waals surface area contributed by atoms with E-state index in [0.29, 0.717) is 17.3 Å². The van der Waals surface area contributed by atoms with Gasteiger partial charge in [-0.15, -0.1) is 0 Å². The van der Waals surface area contributed by atoms with Crippen molar-refractivity contribution in [2.45, 2.75) is 19.0 Å². The first-order valence-corrected chi connectivity index (χ1v) is 6.16. The molecule has 1 aromatic rings. The van der Waals surface area contributed by atoms with Crippen LogP contribution in [0.2, 0.25) is 5.02 Å². The Morgan fingerprint density at radius 3 is 2.83 bits per heavy atom. The molecule has 1 aliphatic carbocycles. The third-order valence-corrected chi connectivity index (χ3v) is 3.58. The molecule has 0 radical (unpaired) electrons. The predicted octanol–water partition coefficient (Wildman–Crippen LogP) is 2.25. The van der Waals surface area contributed by atoms with Gasteiger partial charge in [-0.2, -0.15) is 0 Å². The molecule has 2 atom stereocenters. The van der Waals surface area contributed by atoms with Crippen LogP contribution in [-0.2, 0) is 11.3 Å². The lowest BCUT2D eigenvalue weighted by molar-refractivity contribution is -0.138. The van der Waals surface area contributed by atoms with Gasteiger partial charge in [0.15, 0.2) is 0 Å². The molecular weight excluding hydrogens is 254 g/mol. The van der Waals surface area contributed by atoms with Crippen LogP contribution in [0.1, 0.15) is 12.0 Å². The van der Waals surface area contributed by atoms with E-state index in [1.54, 1.807) is 7.11 Å². The molecule has 0 spiro atoms. The van der Waals surface area contributed by atoms with Crippen molar-refractivity contribution in [2.75, 3.05) is 14.2 Å². The maximum absolute atomic E-state index is 10.8. The Balaban J connectivity index is 1.98. The van der Waals surface area contributed by atoms with Crippen molar-refractivity contribution < 1.29 is 14.6 Å². The number of benzene rings is 1. The highest BCUT2D eigenvalue weighted by Crippen LogP contribution is 2.36. The monoisotopic (exact) mass is 269 g/mol. The lowest BCUT2D eigenvalue weighted by Crippen LogP contribution is -2.23. The topological polar surface area (TPSA) is 49.8 Å². The molecule has 1 fully saturated rings. The molecule has 0 heterocycles. The van der Waals surface area contributed by atoms with Gasteiger partial charge in [0.2, 0.25) is 0 Å². The van der Waals surface area contributed by atoms with Gasteiger partial charge >= 0.3 is 5.97 Å². The summed E-state index contributed by atoms with van der Waals surface area (Å²) < 4.78 is 5.09. The number of nitrogens with zero attached hydrogens (tertiary/aromatic N) is 1. The minimum absolute atomic E-state index is 0.142. The van der Waals surface area contributed by atoms with E-state index >= 15 is 0 Å². The second-order valence-electron chi connectivity index (χ2n) is 4.63. The summed E-state index contributed by atoms with van der Waals surface area (Å²) in [4.78, 5) is 12.9. The molecule has 5 heteroatoms. The van der Waals surface area contributed by atoms with Gasteiger partial charge in [0.25, 0.3) is 0 Å². The van der Waals surface area contributed by atoms with Gasteiger partial charge in [-0.25, -0.2) is 0 Å². The number of ether oxygens (including phenoxy) is 1. The van der Waals surface area contributed by atoms with E-state index in [0.717, 1.165) is 12.0 Å². The molecule has 0 aromatic heterocycles. The minimum atomic E-state index is -0.709. The Morgan fingerprint density at radius 1 is 1.61 bits per heavy atom. The third kappa shape index (κ3) is 2.76.